The highest BCUT2D eigenvalue weighted by Crippen LogP contribution is 2.31. The Morgan fingerprint density at radius 3 is 2.70 bits per heavy atom. The van der Waals surface area contributed by atoms with Crippen LogP contribution in [0, 0.1) is 6.92 Å². The lowest BCUT2D eigenvalue weighted by Crippen LogP contribution is -2.11. The Kier molecular flexibility index (Phi) is 4.76. The molecule has 0 radical (unpaired) electrons. The van der Waals surface area contributed by atoms with E-state index in [1.165, 1.54) is 11.3 Å². The van der Waals surface area contributed by atoms with E-state index in [1.807, 2.05) is 6.92 Å². The molecule has 108 valence electrons. The molecule has 2 rings (SSSR count). The van der Waals surface area contributed by atoms with Crippen LogP contribution >= 0.6 is 38.9 Å². The van der Waals surface area contributed by atoms with E-state index >= 15 is 0 Å². The van der Waals surface area contributed by atoms with Crippen LogP contribution in [-0.4, -0.2) is 8.42 Å². The van der Waals surface area contributed by atoms with Crippen LogP contribution < -0.4 is 10.5 Å². The van der Waals surface area contributed by atoms with Gasteiger partial charge < -0.3 is 5.73 Å². The summed E-state index contributed by atoms with van der Waals surface area (Å²) in [4.78, 5) is 0.853. The zero-order chi connectivity index (χ0) is 14.9. The van der Waals surface area contributed by atoms with Crippen LogP contribution in [0.3, 0.4) is 0 Å². The summed E-state index contributed by atoms with van der Waals surface area (Å²) in [6.45, 7) is 2.16. The molecule has 0 aliphatic carbocycles. The van der Waals surface area contributed by atoms with Crippen LogP contribution in [0.25, 0.3) is 0 Å². The summed E-state index contributed by atoms with van der Waals surface area (Å²) in [7, 11) is -3.66. The Hall–Kier alpha value is -0.600. The van der Waals surface area contributed by atoms with Crippen molar-refractivity contribution in [2.24, 2.45) is 5.73 Å². The lowest BCUT2D eigenvalue weighted by molar-refractivity contribution is 0.603. The number of benzene rings is 1. The number of anilines is 1. The van der Waals surface area contributed by atoms with Gasteiger partial charge in [-0.15, -0.1) is 11.3 Å². The van der Waals surface area contributed by atoms with E-state index < -0.39 is 10.0 Å². The monoisotopic (exact) mass is 394 g/mol. The Bertz CT molecular complexity index is 744. The van der Waals surface area contributed by atoms with Crippen LogP contribution in [0.1, 0.15) is 10.4 Å². The number of nitrogens with two attached hydrogens (primary N) is 1. The molecule has 0 amide bonds. The summed E-state index contributed by atoms with van der Waals surface area (Å²) in [5, 5.41) is 0.337. The highest BCUT2D eigenvalue weighted by molar-refractivity contribution is 9.10. The van der Waals surface area contributed by atoms with Gasteiger partial charge in [0.25, 0.3) is 10.0 Å². The third-order valence-corrected chi connectivity index (χ3v) is 6.54. The maximum Gasteiger partial charge on any atom is 0.271 e. The normalized spacial score (nSPS) is 11.6. The smallest absolute Gasteiger partial charge is 0.271 e. The van der Waals surface area contributed by atoms with Crippen LogP contribution in [0.15, 0.2) is 32.9 Å². The number of hydrogen-bond acceptors (Lipinski definition) is 4. The van der Waals surface area contributed by atoms with Crippen molar-refractivity contribution < 1.29 is 8.42 Å². The second-order valence-corrected chi connectivity index (χ2v) is 8.47. The molecule has 0 bridgehead atoms. The second-order valence-electron chi connectivity index (χ2n) is 4.11. The van der Waals surface area contributed by atoms with E-state index in [0.717, 1.165) is 14.9 Å². The third-order valence-electron chi connectivity index (χ3n) is 2.62. The molecule has 3 N–H and O–H groups in total. The maximum absolute atomic E-state index is 12.3. The Morgan fingerprint density at radius 2 is 2.10 bits per heavy atom. The lowest BCUT2D eigenvalue weighted by Gasteiger charge is -2.08. The van der Waals surface area contributed by atoms with Gasteiger partial charge in [-0.2, -0.15) is 0 Å². The minimum absolute atomic E-state index is 0.228. The Morgan fingerprint density at radius 1 is 1.40 bits per heavy atom. The van der Waals surface area contributed by atoms with Gasteiger partial charge in [0.15, 0.2) is 0 Å². The van der Waals surface area contributed by atoms with Crippen molar-refractivity contribution >= 4 is 54.6 Å². The molecular formula is C12H12BrClN2O2S2. The Balaban J connectivity index is 2.37. The highest BCUT2D eigenvalue weighted by atomic mass is 79.9. The quantitative estimate of drug-likeness (QED) is 0.828. The van der Waals surface area contributed by atoms with Gasteiger partial charge in [-0.05, 0) is 36.8 Å². The van der Waals surface area contributed by atoms with Crippen molar-refractivity contribution in [3.8, 4) is 0 Å². The Labute approximate surface area is 135 Å². The third kappa shape index (κ3) is 3.35. The molecule has 0 aliphatic rings. The van der Waals surface area contributed by atoms with Crippen LogP contribution in [0.5, 0.6) is 0 Å². The second kappa shape index (κ2) is 6.03. The minimum Gasteiger partial charge on any atom is -0.326 e. The summed E-state index contributed by atoms with van der Waals surface area (Å²) in [6, 6.07) is 6.59. The maximum atomic E-state index is 12.3. The average Bonchev–Trinajstić information content (AvgIpc) is 2.76. The molecule has 1 aromatic heterocycles. The molecule has 0 atom stereocenters. The molecule has 2 aromatic rings. The number of nitrogens with one attached hydrogen (secondary N) is 1. The fourth-order valence-corrected chi connectivity index (χ4v) is 4.71. The zero-order valence-corrected chi connectivity index (χ0v) is 14.5. The molecule has 8 heteroatoms. The fourth-order valence-electron chi connectivity index (χ4n) is 1.59. The number of rotatable bonds is 4. The molecule has 0 aliphatic heterocycles. The van der Waals surface area contributed by atoms with E-state index in [0.29, 0.717) is 17.3 Å². The minimum atomic E-state index is -3.66. The number of sulfonamides is 1. The summed E-state index contributed by atoms with van der Waals surface area (Å²) in [5.74, 6) is 0. The summed E-state index contributed by atoms with van der Waals surface area (Å²) in [5.41, 5.74) is 6.78. The number of halogens is 2. The van der Waals surface area contributed by atoms with Crippen molar-refractivity contribution in [1.29, 1.82) is 0 Å². The van der Waals surface area contributed by atoms with Crippen molar-refractivity contribution in [2.45, 2.75) is 17.7 Å². The zero-order valence-electron chi connectivity index (χ0n) is 10.5. The van der Waals surface area contributed by atoms with Crippen LogP contribution in [-0.2, 0) is 16.6 Å². The van der Waals surface area contributed by atoms with Crippen LogP contribution in [0.4, 0.5) is 5.69 Å². The van der Waals surface area contributed by atoms with Gasteiger partial charge in [0.1, 0.15) is 4.21 Å². The first-order chi connectivity index (χ1) is 9.33. The van der Waals surface area contributed by atoms with E-state index in [1.54, 1.807) is 24.3 Å². The first-order valence-corrected chi connectivity index (χ1v) is 9.08. The topological polar surface area (TPSA) is 72.2 Å². The first kappa shape index (κ1) is 15.8. The predicted octanol–water partition coefficient (Wildman–Crippen LogP) is 3.73. The van der Waals surface area contributed by atoms with Gasteiger partial charge in [0.2, 0.25) is 0 Å². The summed E-state index contributed by atoms with van der Waals surface area (Å²) in [6.07, 6.45) is 0. The van der Waals surface area contributed by atoms with Crippen molar-refractivity contribution in [1.82, 2.24) is 0 Å². The molecule has 0 saturated carbocycles. The summed E-state index contributed by atoms with van der Waals surface area (Å²) < 4.78 is 28.1. The molecule has 0 saturated heterocycles. The van der Waals surface area contributed by atoms with Gasteiger partial charge >= 0.3 is 0 Å². The van der Waals surface area contributed by atoms with E-state index in [-0.39, 0.29) is 4.21 Å². The molecule has 0 fully saturated rings. The lowest BCUT2D eigenvalue weighted by atomic mass is 10.3. The van der Waals surface area contributed by atoms with Crippen LogP contribution in [0.2, 0.25) is 5.02 Å². The molecule has 20 heavy (non-hydrogen) atoms. The van der Waals surface area contributed by atoms with E-state index in [9.17, 15) is 8.42 Å². The van der Waals surface area contributed by atoms with Gasteiger partial charge in [0.05, 0.1) is 10.7 Å². The largest absolute Gasteiger partial charge is 0.326 e. The molecule has 1 aromatic carbocycles. The highest BCUT2D eigenvalue weighted by Gasteiger charge is 2.19. The number of hydrogen-bond donors (Lipinski definition) is 2. The van der Waals surface area contributed by atoms with E-state index in [4.69, 9.17) is 17.3 Å². The average molecular weight is 396 g/mol. The molecular weight excluding hydrogens is 384 g/mol. The number of aryl methyl sites for hydroxylation is 1. The van der Waals surface area contributed by atoms with Crippen molar-refractivity contribution in [2.75, 3.05) is 4.72 Å². The first-order valence-electron chi connectivity index (χ1n) is 5.60. The van der Waals surface area contributed by atoms with Crippen molar-refractivity contribution in [3.63, 3.8) is 0 Å². The van der Waals surface area contributed by atoms with Crippen molar-refractivity contribution in [3.05, 3.63) is 44.2 Å². The molecule has 0 unspecified atom stereocenters. The van der Waals surface area contributed by atoms with Gasteiger partial charge in [0, 0.05) is 15.9 Å². The summed E-state index contributed by atoms with van der Waals surface area (Å²) >= 11 is 10.4. The molecule has 1 heterocycles. The standard InChI is InChI=1S/C12H12BrClN2O2S2/c1-7-4-12(19-11(7)6-15)20(17,18)16-10-5-8(13)2-3-9(10)14/h2-5,16H,6,15H2,1H3. The van der Waals surface area contributed by atoms with Gasteiger partial charge in [-0.3, -0.25) is 4.72 Å². The van der Waals surface area contributed by atoms with E-state index in [2.05, 4.69) is 20.7 Å². The van der Waals surface area contributed by atoms with Gasteiger partial charge in [-0.1, -0.05) is 27.5 Å². The predicted molar refractivity (Wildman–Crippen MR) is 86.9 cm³/mol. The molecule has 4 nitrogen and oxygen atoms in total. The number of thiophene rings is 1. The molecule has 0 spiro atoms. The van der Waals surface area contributed by atoms with Gasteiger partial charge in [-0.25, -0.2) is 8.42 Å². The SMILES string of the molecule is Cc1cc(S(=O)(=O)Nc2cc(Br)ccc2Cl)sc1CN. The fraction of sp³-hybridized carbons (Fsp3) is 0.167.